The second-order valence-electron chi connectivity index (χ2n) is 7.28. The van der Waals surface area contributed by atoms with Crippen LogP contribution in [0.3, 0.4) is 0 Å². The summed E-state index contributed by atoms with van der Waals surface area (Å²) in [6.07, 6.45) is 1.65. The van der Waals surface area contributed by atoms with Gasteiger partial charge in [0.15, 0.2) is 9.84 Å². The maximum absolute atomic E-state index is 13.9. The number of hydrogen-bond donors (Lipinski definition) is 1. The molecule has 1 aliphatic rings. The average molecular weight is 379 g/mol. The van der Waals surface area contributed by atoms with E-state index in [1.807, 2.05) is 0 Å². The summed E-state index contributed by atoms with van der Waals surface area (Å²) in [5.41, 5.74) is 0.758. The summed E-state index contributed by atoms with van der Waals surface area (Å²) in [6, 6.07) is 9.52. The van der Waals surface area contributed by atoms with Gasteiger partial charge in [-0.2, -0.15) is 0 Å². The van der Waals surface area contributed by atoms with Crippen LogP contribution in [0.5, 0.6) is 0 Å². The monoisotopic (exact) mass is 379 g/mol. The lowest BCUT2D eigenvalue weighted by Gasteiger charge is -2.36. The Morgan fingerprint density at radius 1 is 1.00 bits per heavy atom. The first-order valence-electron chi connectivity index (χ1n) is 8.74. The van der Waals surface area contributed by atoms with Gasteiger partial charge in [0.2, 0.25) is 0 Å². The first-order valence-corrected chi connectivity index (χ1v) is 10.2. The minimum atomic E-state index is -3.54. The molecule has 2 aromatic rings. The fourth-order valence-corrected chi connectivity index (χ4v) is 5.35. The molecule has 1 aliphatic heterocycles. The van der Waals surface area contributed by atoms with Gasteiger partial charge in [0.1, 0.15) is 11.6 Å². The standard InChI is InChI=1S/C20H23F2NO2S/c1-20(2,15-9-11-23-12-10-15)26(24,25)17-6-3-14(4-7-17)18-8-5-16(21)13-19(18)22/h3-8,13,15,23H,9-12H2,1-2H3. The van der Waals surface area contributed by atoms with E-state index in [4.69, 9.17) is 0 Å². The molecule has 3 rings (SSSR count). The molecule has 3 nitrogen and oxygen atoms in total. The number of rotatable bonds is 4. The normalized spacial score (nSPS) is 16.6. The molecular formula is C20H23F2NO2S. The van der Waals surface area contributed by atoms with E-state index < -0.39 is 26.2 Å². The quantitative estimate of drug-likeness (QED) is 0.867. The Kier molecular flexibility index (Phi) is 5.17. The first kappa shape index (κ1) is 19.0. The van der Waals surface area contributed by atoms with Gasteiger partial charge in [0, 0.05) is 11.6 Å². The molecule has 0 atom stereocenters. The summed E-state index contributed by atoms with van der Waals surface area (Å²) in [6.45, 7) is 5.22. The summed E-state index contributed by atoms with van der Waals surface area (Å²) in [5.74, 6) is -1.23. The lowest BCUT2D eigenvalue weighted by Crippen LogP contribution is -2.45. The first-order chi connectivity index (χ1) is 12.2. The molecule has 0 spiro atoms. The number of piperidine rings is 1. The van der Waals surface area contributed by atoms with Crippen molar-refractivity contribution in [2.24, 2.45) is 5.92 Å². The van der Waals surface area contributed by atoms with E-state index in [0.717, 1.165) is 32.0 Å². The molecule has 0 aromatic heterocycles. The molecule has 0 radical (unpaired) electrons. The average Bonchev–Trinajstić information content (AvgIpc) is 2.62. The minimum absolute atomic E-state index is 0.0861. The molecule has 0 unspecified atom stereocenters. The van der Waals surface area contributed by atoms with Crippen molar-refractivity contribution in [3.05, 3.63) is 54.1 Å². The molecule has 0 aliphatic carbocycles. The van der Waals surface area contributed by atoms with Gasteiger partial charge in [-0.05, 0) is 75.5 Å². The smallest absolute Gasteiger partial charge is 0.183 e. The Hall–Kier alpha value is -1.79. The third-order valence-corrected chi connectivity index (χ3v) is 8.03. The van der Waals surface area contributed by atoms with E-state index in [9.17, 15) is 17.2 Å². The van der Waals surface area contributed by atoms with E-state index in [0.29, 0.717) is 5.56 Å². The number of benzene rings is 2. The lowest BCUT2D eigenvalue weighted by atomic mass is 9.86. The summed E-state index contributed by atoms with van der Waals surface area (Å²) >= 11 is 0. The largest absolute Gasteiger partial charge is 0.317 e. The predicted octanol–water partition coefficient (Wildman–Crippen LogP) is 4.18. The zero-order chi connectivity index (χ0) is 18.9. The van der Waals surface area contributed by atoms with E-state index in [1.165, 1.54) is 24.3 Å². The number of nitrogens with one attached hydrogen (secondary N) is 1. The van der Waals surface area contributed by atoms with E-state index in [-0.39, 0.29) is 16.4 Å². The second-order valence-corrected chi connectivity index (χ2v) is 9.81. The summed E-state index contributed by atoms with van der Waals surface area (Å²) in [5, 5.41) is 3.26. The topological polar surface area (TPSA) is 46.2 Å². The van der Waals surface area contributed by atoms with Gasteiger partial charge in [-0.15, -0.1) is 0 Å². The van der Waals surface area contributed by atoms with Crippen LogP contribution in [0.4, 0.5) is 8.78 Å². The minimum Gasteiger partial charge on any atom is -0.317 e. The zero-order valence-corrected chi connectivity index (χ0v) is 15.7. The van der Waals surface area contributed by atoms with Crippen LogP contribution in [-0.4, -0.2) is 26.3 Å². The van der Waals surface area contributed by atoms with E-state index >= 15 is 0 Å². The Bertz CT molecular complexity index is 887. The Morgan fingerprint density at radius 2 is 1.62 bits per heavy atom. The van der Waals surface area contributed by atoms with E-state index in [1.54, 1.807) is 26.0 Å². The predicted molar refractivity (Wildman–Crippen MR) is 98.7 cm³/mol. The molecule has 1 N–H and O–H groups in total. The van der Waals surface area contributed by atoms with Crippen LogP contribution in [0.15, 0.2) is 47.4 Å². The molecule has 0 bridgehead atoms. The van der Waals surface area contributed by atoms with Crippen LogP contribution < -0.4 is 5.32 Å². The zero-order valence-electron chi connectivity index (χ0n) is 14.9. The molecule has 1 saturated heterocycles. The molecule has 0 saturated carbocycles. The Balaban J connectivity index is 1.91. The van der Waals surface area contributed by atoms with Crippen molar-refractivity contribution in [3.8, 4) is 11.1 Å². The van der Waals surface area contributed by atoms with Crippen molar-refractivity contribution < 1.29 is 17.2 Å². The Morgan fingerprint density at radius 3 is 2.19 bits per heavy atom. The summed E-state index contributed by atoms with van der Waals surface area (Å²) in [7, 11) is -3.54. The highest BCUT2D eigenvalue weighted by Gasteiger charge is 2.42. The molecule has 6 heteroatoms. The maximum atomic E-state index is 13.9. The highest BCUT2D eigenvalue weighted by Crippen LogP contribution is 2.37. The number of halogens is 2. The fourth-order valence-electron chi connectivity index (χ4n) is 3.58. The van der Waals surface area contributed by atoms with Crippen LogP contribution in [0, 0.1) is 17.6 Å². The van der Waals surface area contributed by atoms with Crippen molar-refractivity contribution in [2.45, 2.75) is 36.3 Å². The second kappa shape index (κ2) is 7.08. The molecule has 0 amide bonds. The summed E-state index contributed by atoms with van der Waals surface area (Å²) in [4.78, 5) is 0.229. The van der Waals surface area contributed by atoms with Crippen LogP contribution in [0.2, 0.25) is 0 Å². The third-order valence-electron chi connectivity index (χ3n) is 5.42. The van der Waals surface area contributed by atoms with Crippen LogP contribution >= 0.6 is 0 Å². The summed E-state index contributed by atoms with van der Waals surface area (Å²) < 4.78 is 52.5. The highest BCUT2D eigenvalue weighted by molar-refractivity contribution is 7.92. The van der Waals surface area contributed by atoms with Crippen LogP contribution in [0.1, 0.15) is 26.7 Å². The molecular weight excluding hydrogens is 356 g/mol. The molecule has 1 fully saturated rings. The van der Waals surface area contributed by atoms with Crippen molar-refractivity contribution in [3.63, 3.8) is 0 Å². The van der Waals surface area contributed by atoms with Crippen LogP contribution in [-0.2, 0) is 9.84 Å². The van der Waals surface area contributed by atoms with Gasteiger partial charge in [-0.3, -0.25) is 0 Å². The van der Waals surface area contributed by atoms with Gasteiger partial charge in [-0.1, -0.05) is 12.1 Å². The molecule has 2 aromatic carbocycles. The number of sulfone groups is 1. The van der Waals surface area contributed by atoms with Crippen LogP contribution in [0.25, 0.3) is 11.1 Å². The van der Waals surface area contributed by atoms with Gasteiger partial charge >= 0.3 is 0 Å². The highest BCUT2D eigenvalue weighted by atomic mass is 32.2. The van der Waals surface area contributed by atoms with Crippen molar-refractivity contribution in [1.82, 2.24) is 5.32 Å². The SMILES string of the molecule is CC(C)(C1CCNCC1)S(=O)(=O)c1ccc(-c2ccc(F)cc2F)cc1. The lowest BCUT2D eigenvalue weighted by molar-refractivity contribution is 0.305. The molecule has 140 valence electrons. The fraction of sp³-hybridized carbons (Fsp3) is 0.400. The van der Waals surface area contributed by atoms with Gasteiger partial charge in [0.05, 0.1) is 9.64 Å². The van der Waals surface area contributed by atoms with Crippen molar-refractivity contribution in [2.75, 3.05) is 13.1 Å². The molecule has 26 heavy (non-hydrogen) atoms. The van der Waals surface area contributed by atoms with E-state index in [2.05, 4.69) is 5.32 Å². The number of hydrogen-bond acceptors (Lipinski definition) is 3. The Labute approximate surface area is 153 Å². The van der Waals surface area contributed by atoms with Gasteiger partial charge in [-0.25, -0.2) is 17.2 Å². The molecule has 1 heterocycles. The third kappa shape index (κ3) is 3.40. The van der Waals surface area contributed by atoms with Gasteiger partial charge < -0.3 is 5.32 Å². The maximum Gasteiger partial charge on any atom is 0.183 e. The van der Waals surface area contributed by atoms with Crippen molar-refractivity contribution in [1.29, 1.82) is 0 Å². The van der Waals surface area contributed by atoms with Gasteiger partial charge in [0.25, 0.3) is 0 Å². The van der Waals surface area contributed by atoms with Crippen molar-refractivity contribution >= 4 is 9.84 Å².